The Labute approximate surface area is 144 Å². The van der Waals surface area contributed by atoms with Crippen molar-refractivity contribution in [2.75, 3.05) is 19.6 Å². The summed E-state index contributed by atoms with van der Waals surface area (Å²) in [6.07, 6.45) is -2.80. The van der Waals surface area contributed by atoms with Crippen molar-refractivity contribution in [1.29, 1.82) is 0 Å². The van der Waals surface area contributed by atoms with Gasteiger partial charge in [0.25, 0.3) is 5.91 Å². The monoisotopic (exact) mass is 354 g/mol. The van der Waals surface area contributed by atoms with E-state index in [1.54, 1.807) is 25.1 Å². The summed E-state index contributed by atoms with van der Waals surface area (Å²) in [6, 6.07) is 6.52. The number of hydrogen-bond donors (Lipinski definition) is 2. The van der Waals surface area contributed by atoms with Crippen LogP contribution in [0.4, 0.5) is 13.2 Å². The molecule has 0 spiro atoms. The average Bonchev–Trinajstić information content (AvgIpc) is 3.00. The highest BCUT2D eigenvalue weighted by Crippen LogP contribution is 2.33. The van der Waals surface area contributed by atoms with Gasteiger partial charge in [-0.1, -0.05) is 19.1 Å². The van der Waals surface area contributed by atoms with Crippen LogP contribution in [0, 0.1) is 6.92 Å². The number of nitrogens with one attached hydrogen (secondary N) is 2. The van der Waals surface area contributed by atoms with Gasteiger partial charge in [0.05, 0.1) is 17.4 Å². The number of benzene rings is 1. The van der Waals surface area contributed by atoms with E-state index >= 15 is 0 Å². The lowest BCUT2D eigenvalue weighted by molar-refractivity contribution is -0.143. The number of aryl methyl sites for hydroxylation is 1. The Bertz CT molecular complexity index is 725. The van der Waals surface area contributed by atoms with Gasteiger partial charge in [-0.3, -0.25) is 4.79 Å². The number of halogens is 3. The Morgan fingerprint density at radius 3 is 2.64 bits per heavy atom. The van der Waals surface area contributed by atoms with Gasteiger partial charge in [0, 0.05) is 13.1 Å². The third-order valence-electron chi connectivity index (χ3n) is 3.54. The van der Waals surface area contributed by atoms with E-state index in [0.717, 1.165) is 29.4 Å². The van der Waals surface area contributed by atoms with Gasteiger partial charge in [-0.15, -0.1) is 0 Å². The fourth-order valence-electron chi connectivity index (χ4n) is 2.40. The number of hydrogen-bond acceptors (Lipinski definition) is 3. The molecule has 1 aromatic heterocycles. The first-order chi connectivity index (χ1) is 11.8. The molecule has 0 unspecified atom stereocenters. The van der Waals surface area contributed by atoms with Crippen LogP contribution in [0.1, 0.15) is 35.0 Å². The normalized spacial score (nSPS) is 11.6. The summed E-state index contributed by atoms with van der Waals surface area (Å²) >= 11 is 0. The molecule has 1 heterocycles. The molecule has 0 aliphatic rings. The van der Waals surface area contributed by atoms with Crippen LogP contribution in [0.5, 0.6) is 0 Å². The molecule has 5 nitrogen and oxygen atoms in total. The van der Waals surface area contributed by atoms with Crippen molar-refractivity contribution < 1.29 is 18.0 Å². The summed E-state index contributed by atoms with van der Waals surface area (Å²) in [5.41, 5.74) is -0.494. The number of nitrogens with zero attached hydrogens (tertiary/aromatic N) is 2. The van der Waals surface area contributed by atoms with Gasteiger partial charge in [-0.25, -0.2) is 4.68 Å². The lowest BCUT2D eigenvalue weighted by atomic mass is 10.2. The molecular weight excluding hydrogens is 333 g/mol. The first-order valence-electron chi connectivity index (χ1n) is 8.05. The molecule has 0 saturated heterocycles. The van der Waals surface area contributed by atoms with Crippen molar-refractivity contribution >= 4 is 5.91 Å². The van der Waals surface area contributed by atoms with Crippen LogP contribution in [0.25, 0.3) is 5.69 Å². The Kier molecular flexibility index (Phi) is 6.19. The van der Waals surface area contributed by atoms with Crippen molar-refractivity contribution in [1.82, 2.24) is 20.4 Å². The van der Waals surface area contributed by atoms with Crippen LogP contribution >= 0.6 is 0 Å². The zero-order chi connectivity index (χ0) is 18.4. The van der Waals surface area contributed by atoms with Gasteiger partial charge in [-0.05, 0) is 37.6 Å². The van der Waals surface area contributed by atoms with Gasteiger partial charge >= 0.3 is 6.18 Å². The average molecular weight is 354 g/mol. The maximum Gasteiger partial charge on any atom is 0.434 e. The largest absolute Gasteiger partial charge is 0.434 e. The number of carbonyl (C=O) groups excluding carboxylic acids is 1. The van der Waals surface area contributed by atoms with Crippen molar-refractivity contribution in [2.24, 2.45) is 0 Å². The number of amides is 1. The molecule has 0 aliphatic heterocycles. The van der Waals surface area contributed by atoms with Crippen LogP contribution in [0.3, 0.4) is 0 Å². The molecule has 8 heteroatoms. The third-order valence-corrected chi connectivity index (χ3v) is 3.54. The lowest BCUT2D eigenvalue weighted by Crippen LogP contribution is -2.33. The minimum Gasteiger partial charge on any atom is -0.351 e. The van der Waals surface area contributed by atoms with E-state index in [4.69, 9.17) is 0 Å². The second kappa shape index (κ2) is 8.15. The number of aromatic nitrogens is 2. The zero-order valence-electron chi connectivity index (χ0n) is 14.2. The molecule has 0 aliphatic carbocycles. The number of carbonyl (C=O) groups is 1. The first-order valence-corrected chi connectivity index (χ1v) is 8.05. The second-order valence-corrected chi connectivity index (χ2v) is 5.66. The Morgan fingerprint density at radius 1 is 1.24 bits per heavy atom. The summed E-state index contributed by atoms with van der Waals surface area (Å²) in [5.74, 6) is -0.787. The van der Waals surface area contributed by atoms with Crippen LogP contribution in [0.15, 0.2) is 30.5 Å². The van der Waals surface area contributed by atoms with Gasteiger partial charge in [0.2, 0.25) is 0 Å². The predicted octanol–water partition coefficient (Wildman–Crippen LogP) is 2.93. The van der Waals surface area contributed by atoms with Crippen molar-refractivity contribution in [3.8, 4) is 5.69 Å². The van der Waals surface area contributed by atoms with E-state index in [1.807, 2.05) is 6.92 Å². The van der Waals surface area contributed by atoms with Gasteiger partial charge in [-0.2, -0.15) is 18.3 Å². The first kappa shape index (κ1) is 19.0. The molecule has 25 heavy (non-hydrogen) atoms. The van der Waals surface area contributed by atoms with E-state index in [9.17, 15) is 18.0 Å². The van der Waals surface area contributed by atoms with Crippen molar-refractivity contribution in [3.05, 3.63) is 47.3 Å². The van der Waals surface area contributed by atoms with Crippen molar-refractivity contribution in [3.63, 3.8) is 0 Å². The molecule has 2 N–H and O–H groups in total. The topological polar surface area (TPSA) is 58.9 Å². The molecule has 0 bridgehead atoms. The molecular formula is C17H21F3N4O. The minimum absolute atomic E-state index is 0.242. The predicted molar refractivity (Wildman–Crippen MR) is 88.8 cm³/mol. The van der Waals surface area contributed by atoms with E-state index in [0.29, 0.717) is 6.54 Å². The quantitative estimate of drug-likeness (QED) is 0.752. The fourth-order valence-corrected chi connectivity index (χ4v) is 2.40. The molecule has 1 amide bonds. The summed E-state index contributed by atoms with van der Waals surface area (Å²) < 4.78 is 41.3. The van der Waals surface area contributed by atoms with Gasteiger partial charge in [0.15, 0.2) is 5.69 Å². The molecule has 1 aromatic carbocycles. The lowest BCUT2D eigenvalue weighted by Gasteiger charge is -2.13. The Balaban J connectivity index is 2.26. The number of alkyl halides is 3. The SMILES string of the molecule is CCCNCCNC(=O)c1cnn(-c2cccc(C)c2)c1C(F)(F)F. The highest BCUT2D eigenvalue weighted by atomic mass is 19.4. The minimum atomic E-state index is -4.70. The molecule has 2 aromatic rings. The summed E-state index contributed by atoms with van der Waals surface area (Å²) in [4.78, 5) is 12.2. The molecule has 0 atom stereocenters. The van der Waals surface area contributed by atoms with Crippen LogP contribution in [-0.2, 0) is 6.18 Å². The molecule has 2 rings (SSSR count). The van der Waals surface area contributed by atoms with Crippen molar-refractivity contribution in [2.45, 2.75) is 26.4 Å². The highest BCUT2D eigenvalue weighted by molar-refractivity contribution is 5.95. The summed E-state index contributed by atoms with van der Waals surface area (Å²) in [5, 5.41) is 9.35. The summed E-state index contributed by atoms with van der Waals surface area (Å²) in [6.45, 7) is 5.30. The standard InChI is InChI=1S/C17H21F3N4O/c1-3-7-21-8-9-22-16(25)14-11-23-24(15(14)17(18,19)20)13-6-4-5-12(2)10-13/h4-6,10-11,21H,3,7-9H2,1-2H3,(H,22,25). The van der Waals surface area contributed by atoms with Gasteiger partial charge < -0.3 is 10.6 Å². The molecule has 0 fully saturated rings. The zero-order valence-corrected chi connectivity index (χ0v) is 14.2. The van der Waals surface area contributed by atoms with Crippen LogP contribution in [0.2, 0.25) is 0 Å². The Morgan fingerprint density at radius 2 is 2.00 bits per heavy atom. The van der Waals surface area contributed by atoms with E-state index in [2.05, 4.69) is 15.7 Å². The van der Waals surface area contributed by atoms with Gasteiger partial charge in [0.1, 0.15) is 0 Å². The fraction of sp³-hybridized carbons (Fsp3) is 0.412. The maximum atomic E-state index is 13.5. The maximum absolute atomic E-state index is 13.5. The molecule has 0 radical (unpaired) electrons. The second-order valence-electron chi connectivity index (χ2n) is 5.66. The summed E-state index contributed by atoms with van der Waals surface area (Å²) in [7, 11) is 0. The van der Waals surface area contributed by atoms with E-state index in [1.165, 1.54) is 6.07 Å². The smallest absolute Gasteiger partial charge is 0.351 e. The van der Waals surface area contributed by atoms with Crippen LogP contribution < -0.4 is 10.6 Å². The van der Waals surface area contributed by atoms with Crippen LogP contribution in [-0.4, -0.2) is 35.3 Å². The highest BCUT2D eigenvalue weighted by Gasteiger charge is 2.40. The third kappa shape index (κ3) is 4.82. The number of rotatable bonds is 7. The molecule has 0 saturated carbocycles. The van der Waals surface area contributed by atoms with E-state index < -0.39 is 23.3 Å². The Hall–Kier alpha value is -2.35. The molecule has 136 valence electrons. The van der Waals surface area contributed by atoms with E-state index in [-0.39, 0.29) is 12.2 Å².